The Morgan fingerprint density at radius 1 is 1.14 bits per heavy atom. The lowest BCUT2D eigenvalue weighted by Gasteiger charge is -2.14. The number of methoxy groups -OCH3 is 1. The van der Waals surface area contributed by atoms with Gasteiger partial charge in [-0.25, -0.2) is 14.5 Å². The van der Waals surface area contributed by atoms with Gasteiger partial charge in [-0.05, 0) is 44.9 Å². The van der Waals surface area contributed by atoms with Crippen LogP contribution in [0.1, 0.15) is 42.2 Å². The van der Waals surface area contributed by atoms with Gasteiger partial charge in [0.05, 0.1) is 18.8 Å². The molecule has 0 radical (unpaired) electrons. The van der Waals surface area contributed by atoms with Crippen molar-refractivity contribution in [3.8, 4) is 17.4 Å². The molecule has 0 unspecified atom stereocenters. The largest absolute Gasteiger partial charge is 0.493 e. The van der Waals surface area contributed by atoms with Crippen LogP contribution in [0.4, 0.5) is 11.5 Å². The molecule has 0 saturated heterocycles. The molecule has 1 saturated carbocycles. The molecule has 3 heterocycles. The Labute approximate surface area is 210 Å². The summed E-state index contributed by atoms with van der Waals surface area (Å²) in [5.41, 5.74) is 6.78. The van der Waals surface area contributed by atoms with Gasteiger partial charge in [0, 0.05) is 29.1 Å². The molecule has 5 rings (SSSR count). The van der Waals surface area contributed by atoms with Crippen LogP contribution in [0, 0.1) is 5.92 Å². The minimum Gasteiger partial charge on any atom is -0.493 e. The second kappa shape index (κ2) is 9.21. The van der Waals surface area contributed by atoms with Crippen molar-refractivity contribution in [2.24, 2.45) is 11.7 Å². The van der Waals surface area contributed by atoms with Crippen molar-refractivity contribution in [1.82, 2.24) is 19.6 Å². The molecule has 0 atom stereocenters. The Morgan fingerprint density at radius 2 is 1.94 bits per heavy atom. The molecule has 0 aliphatic heterocycles. The molecule has 1 aliphatic carbocycles. The second-order valence-electron chi connectivity index (χ2n) is 9.05. The highest BCUT2D eigenvalue weighted by Gasteiger charge is 2.30. The zero-order valence-corrected chi connectivity index (χ0v) is 20.8. The molecule has 3 aromatic heterocycles. The third kappa shape index (κ3) is 5.14. The van der Waals surface area contributed by atoms with Gasteiger partial charge in [0.15, 0.2) is 23.0 Å². The summed E-state index contributed by atoms with van der Waals surface area (Å²) in [6.07, 6.45) is 3.45. The second-order valence-corrected chi connectivity index (χ2v) is 9.90. The summed E-state index contributed by atoms with van der Waals surface area (Å²) in [6.45, 7) is 3.67. The van der Waals surface area contributed by atoms with E-state index in [0.29, 0.717) is 33.7 Å². The quantitative estimate of drug-likeness (QED) is 0.327. The van der Waals surface area contributed by atoms with E-state index in [1.807, 2.05) is 13.8 Å². The zero-order valence-electron chi connectivity index (χ0n) is 19.9. The lowest BCUT2D eigenvalue weighted by Crippen LogP contribution is -2.28. The molecule has 186 valence electrons. The summed E-state index contributed by atoms with van der Waals surface area (Å²) < 4.78 is 12.9. The summed E-state index contributed by atoms with van der Waals surface area (Å²) >= 11 is 1.34. The number of nitrogens with one attached hydrogen (secondary N) is 2. The summed E-state index contributed by atoms with van der Waals surface area (Å²) in [5, 5.41) is 12.4. The van der Waals surface area contributed by atoms with Gasteiger partial charge in [0.25, 0.3) is 5.91 Å². The molecular formula is C24H25N7O4S. The SMILES string of the molecule is COc1ccc(NC(=O)c2csc(C(C)(C)N)n2)cc1Oc1ccc2nc(NC(=O)C3CC3)cn2n1. The molecule has 11 nitrogen and oxygen atoms in total. The van der Waals surface area contributed by atoms with E-state index in [0.717, 1.165) is 12.8 Å². The Bertz CT molecular complexity index is 1450. The molecule has 0 bridgehead atoms. The lowest BCUT2D eigenvalue weighted by atomic mass is 10.1. The Morgan fingerprint density at radius 3 is 2.64 bits per heavy atom. The maximum Gasteiger partial charge on any atom is 0.275 e. The number of carbonyl (C=O) groups is 2. The molecule has 36 heavy (non-hydrogen) atoms. The van der Waals surface area contributed by atoms with Crippen LogP contribution in [0.3, 0.4) is 0 Å². The molecule has 2 amide bonds. The number of carbonyl (C=O) groups excluding carboxylic acids is 2. The molecule has 4 aromatic rings. The molecule has 1 aliphatic rings. The topological polar surface area (TPSA) is 146 Å². The van der Waals surface area contributed by atoms with Gasteiger partial charge in [0.1, 0.15) is 10.7 Å². The fraction of sp³-hybridized carbons (Fsp3) is 0.292. The number of nitrogens with two attached hydrogens (primary N) is 1. The number of anilines is 2. The fourth-order valence-electron chi connectivity index (χ4n) is 3.37. The van der Waals surface area contributed by atoms with E-state index in [1.54, 1.807) is 41.9 Å². The standard InChI is InChI=1S/C24H25N7O4S/c1-24(2,25)23-27-15(12-36-23)22(33)26-14-6-7-16(34-3)17(10-14)35-20-9-8-19-28-18(11-31(19)30-20)29-21(32)13-4-5-13/h6-13H,4-5,25H2,1-3H3,(H,26,33)(H,29,32). The zero-order chi connectivity index (χ0) is 25.4. The highest BCUT2D eigenvalue weighted by atomic mass is 32.1. The number of thiazole rings is 1. The maximum absolute atomic E-state index is 12.7. The highest BCUT2D eigenvalue weighted by Crippen LogP contribution is 2.34. The third-order valence-electron chi connectivity index (χ3n) is 5.42. The van der Waals surface area contributed by atoms with Gasteiger partial charge in [-0.15, -0.1) is 16.4 Å². The van der Waals surface area contributed by atoms with Crippen LogP contribution >= 0.6 is 11.3 Å². The number of benzene rings is 1. The minimum absolute atomic E-state index is 0.0286. The molecule has 12 heteroatoms. The number of ether oxygens (including phenoxy) is 2. The predicted octanol–water partition coefficient (Wildman–Crippen LogP) is 3.78. The van der Waals surface area contributed by atoms with Crippen molar-refractivity contribution in [1.29, 1.82) is 0 Å². The van der Waals surface area contributed by atoms with Crippen molar-refractivity contribution < 1.29 is 19.1 Å². The number of rotatable bonds is 8. The number of imidazole rings is 1. The first-order valence-corrected chi connectivity index (χ1v) is 12.2. The first-order valence-electron chi connectivity index (χ1n) is 11.3. The Kier molecular flexibility index (Phi) is 6.06. The molecular weight excluding hydrogens is 482 g/mol. The van der Waals surface area contributed by atoms with Crippen molar-refractivity contribution in [3.05, 3.63) is 52.6 Å². The van der Waals surface area contributed by atoms with Gasteiger partial charge in [-0.1, -0.05) is 0 Å². The van der Waals surface area contributed by atoms with Crippen LogP contribution in [-0.4, -0.2) is 38.5 Å². The Balaban J connectivity index is 1.33. The number of hydrogen-bond donors (Lipinski definition) is 3. The summed E-state index contributed by atoms with van der Waals surface area (Å²) in [5.74, 6) is 1.20. The van der Waals surface area contributed by atoms with Crippen LogP contribution in [0.5, 0.6) is 17.4 Å². The van der Waals surface area contributed by atoms with Gasteiger partial charge in [0.2, 0.25) is 11.8 Å². The van der Waals surface area contributed by atoms with E-state index in [2.05, 4.69) is 25.7 Å². The number of amides is 2. The number of nitrogens with zero attached hydrogens (tertiary/aromatic N) is 4. The van der Waals surface area contributed by atoms with Gasteiger partial charge in [-0.3, -0.25) is 9.59 Å². The monoisotopic (exact) mass is 507 g/mol. The summed E-state index contributed by atoms with van der Waals surface area (Å²) in [7, 11) is 1.52. The number of hydrogen-bond acceptors (Lipinski definition) is 9. The first kappa shape index (κ1) is 23.7. The van der Waals surface area contributed by atoms with Crippen LogP contribution in [0.2, 0.25) is 0 Å². The van der Waals surface area contributed by atoms with Crippen molar-refractivity contribution >= 4 is 40.3 Å². The molecule has 1 fully saturated rings. The van der Waals surface area contributed by atoms with Crippen LogP contribution in [-0.2, 0) is 10.3 Å². The summed E-state index contributed by atoms with van der Waals surface area (Å²) in [4.78, 5) is 33.4. The van der Waals surface area contributed by atoms with Crippen LogP contribution in [0.25, 0.3) is 5.65 Å². The molecule has 1 aromatic carbocycles. The maximum atomic E-state index is 12.7. The highest BCUT2D eigenvalue weighted by molar-refractivity contribution is 7.10. The van der Waals surface area contributed by atoms with E-state index in [1.165, 1.54) is 23.0 Å². The van der Waals surface area contributed by atoms with Crippen molar-refractivity contribution in [3.63, 3.8) is 0 Å². The van der Waals surface area contributed by atoms with Gasteiger partial charge >= 0.3 is 0 Å². The first-order chi connectivity index (χ1) is 17.2. The van der Waals surface area contributed by atoms with E-state index in [-0.39, 0.29) is 29.3 Å². The van der Waals surface area contributed by atoms with Crippen molar-refractivity contribution in [2.75, 3.05) is 17.7 Å². The van der Waals surface area contributed by atoms with E-state index in [9.17, 15) is 9.59 Å². The van der Waals surface area contributed by atoms with Crippen LogP contribution in [0.15, 0.2) is 41.9 Å². The normalized spacial score (nSPS) is 13.4. The number of fused-ring (bicyclic) bond motifs is 1. The van der Waals surface area contributed by atoms with Crippen LogP contribution < -0.4 is 25.8 Å². The van der Waals surface area contributed by atoms with Gasteiger partial charge in [-0.2, -0.15) is 0 Å². The average molecular weight is 508 g/mol. The smallest absolute Gasteiger partial charge is 0.275 e. The third-order valence-corrected chi connectivity index (χ3v) is 6.60. The predicted molar refractivity (Wildman–Crippen MR) is 135 cm³/mol. The fourth-order valence-corrected chi connectivity index (χ4v) is 4.21. The van der Waals surface area contributed by atoms with E-state index >= 15 is 0 Å². The lowest BCUT2D eigenvalue weighted by molar-refractivity contribution is -0.117. The van der Waals surface area contributed by atoms with E-state index in [4.69, 9.17) is 15.2 Å². The minimum atomic E-state index is -0.628. The molecule has 0 spiro atoms. The number of aromatic nitrogens is 4. The summed E-state index contributed by atoms with van der Waals surface area (Å²) in [6, 6.07) is 8.40. The molecule has 4 N–H and O–H groups in total. The van der Waals surface area contributed by atoms with Crippen molar-refractivity contribution in [2.45, 2.75) is 32.2 Å². The van der Waals surface area contributed by atoms with E-state index < -0.39 is 5.54 Å². The Hall–Kier alpha value is -4.03. The van der Waals surface area contributed by atoms with Gasteiger partial charge < -0.3 is 25.8 Å². The average Bonchev–Trinajstić information content (AvgIpc) is 3.41.